The summed E-state index contributed by atoms with van der Waals surface area (Å²) in [5, 5.41) is 3.99. The van der Waals surface area contributed by atoms with E-state index in [9.17, 15) is 13.2 Å². The monoisotopic (exact) mass is 440 g/mol. The summed E-state index contributed by atoms with van der Waals surface area (Å²) in [7, 11) is -3.51. The summed E-state index contributed by atoms with van der Waals surface area (Å²) in [6.07, 6.45) is 1.30. The Morgan fingerprint density at radius 2 is 1.82 bits per heavy atom. The minimum absolute atomic E-state index is 0.105. The van der Waals surface area contributed by atoms with E-state index in [1.54, 1.807) is 36.4 Å². The van der Waals surface area contributed by atoms with Crippen molar-refractivity contribution in [2.45, 2.75) is 25.5 Å². The molecule has 1 fully saturated rings. The van der Waals surface area contributed by atoms with E-state index in [4.69, 9.17) is 23.2 Å². The highest BCUT2D eigenvalue weighted by atomic mass is 35.5. The second-order valence-electron chi connectivity index (χ2n) is 7.03. The van der Waals surface area contributed by atoms with Crippen molar-refractivity contribution in [3.8, 4) is 0 Å². The van der Waals surface area contributed by atoms with Gasteiger partial charge in [-0.1, -0.05) is 41.4 Å². The topological polar surface area (TPSA) is 66.5 Å². The summed E-state index contributed by atoms with van der Waals surface area (Å²) < 4.78 is 27.0. The van der Waals surface area contributed by atoms with Gasteiger partial charge >= 0.3 is 0 Å². The number of hydrogen-bond acceptors (Lipinski definition) is 3. The fraction of sp³-hybridized carbons (Fsp3) is 0.350. The molecular formula is C20H22Cl2N2O3S. The van der Waals surface area contributed by atoms with Crippen molar-refractivity contribution >= 4 is 44.8 Å². The number of nitrogens with one attached hydrogen (secondary N) is 1. The van der Waals surface area contributed by atoms with Crippen LogP contribution in [0.4, 0.5) is 5.69 Å². The van der Waals surface area contributed by atoms with E-state index in [1.807, 2.05) is 13.0 Å². The van der Waals surface area contributed by atoms with Gasteiger partial charge in [0.2, 0.25) is 15.9 Å². The molecule has 0 spiro atoms. The van der Waals surface area contributed by atoms with Gasteiger partial charge in [0.15, 0.2) is 0 Å². The zero-order valence-electron chi connectivity index (χ0n) is 15.5. The SMILES string of the molecule is Cc1ccc(Cl)cc1NC(=O)[C@@H]1CCCN(S(=O)(=O)Cc2ccc(Cl)cc2)C1. The molecule has 1 saturated heterocycles. The van der Waals surface area contributed by atoms with E-state index >= 15 is 0 Å². The van der Waals surface area contributed by atoms with Crippen LogP contribution in [-0.4, -0.2) is 31.7 Å². The van der Waals surface area contributed by atoms with Crippen LogP contribution in [0, 0.1) is 12.8 Å². The van der Waals surface area contributed by atoms with E-state index < -0.39 is 15.9 Å². The first-order valence-electron chi connectivity index (χ1n) is 9.04. The summed E-state index contributed by atoms with van der Waals surface area (Å²) in [4.78, 5) is 12.7. The molecule has 2 aromatic rings. The van der Waals surface area contributed by atoms with Crippen molar-refractivity contribution in [1.29, 1.82) is 0 Å². The van der Waals surface area contributed by atoms with Crippen LogP contribution in [0.25, 0.3) is 0 Å². The third kappa shape index (κ3) is 5.26. The molecule has 0 aromatic heterocycles. The van der Waals surface area contributed by atoms with Crippen molar-refractivity contribution in [3.63, 3.8) is 0 Å². The summed E-state index contributed by atoms with van der Waals surface area (Å²) in [5.74, 6) is -0.685. The lowest BCUT2D eigenvalue weighted by molar-refractivity contribution is -0.120. The van der Waals surface area contributed by atoms with Gasteiger partial charge < -0.3 is 5.32 Å². The number of carbonyl (C=O) groups is 1. The maximum absolute atomic E-state index is 12.8. The molecule has 0 saturated carbocycles. The van der Waals surface area contributed by atoms with Crippen LogP contribution >= 0.6 is 23.2 Å². The van der Waals surface area contributed by atoms with E-state index in [-0.39, 0.29) is 18.2 Å². The predicted molar refractivity (Wildman–Crippen MR) is 113 cm³/mol. The quantitative estimate of drug-likeness (QED) is 0.744. The smallest absolute Gasteiger partial charge is 0.228 e. The number of nitrogens with zero attached hydrogens (tertiary/aromatic N) is 1. The molecule has 1 aliphatic rings. The number of rotatable bonds is 5. The summed E-state index contributed by atoms with van der Waals surface area (Å²) in [6.45, 7) is 2.49. The number of halogens is 2. The Kier molecular flexibility index (Phi) is 6.65. The number of sulfonamides is 1. The number of anilines is 1. The molecule has 5 nitrogen and oxygen atoms in total. The van der Waals surface area contributed by atoms with Crippen molar-refractivity contribution in [3.05, 3.63) is 63.6 Å². The van der Waals surface area contributed by atoms with Crippen LogP contribution in [0.3, 0.4) is 0 Å². The molecule has 0 radical (unpaired) electrons. The Morgan fingerprint density at radius 3 is 2.54 bits per heavy atom. The number of amides is 1. The third-order valence-electron chi connectivity index (χ3n) is 4.87. The summed E-state index contributed by atoms with van der Waals surface area (Å²) in [6, 6.07) is 12.1. The first-order chi connectivity index (χ1) is 13.2. The van der Waals surface area contributed by atoms with E-state index in [0.29, 0.717) is 40.7 Å². The second kappa shape index (κ2) is 8.82. The van der Waals surface area contributed by atoms with Crippen molar-refractivity contribution in [1.82, 2.24) is 4.31 Å². The highest BCUT2D eigenvalue weighted by molar-refractivity contribution is 7.88. The molecule has 0 unspecified atom stereocenters. The minimum Gasteiger partial charge on any atom is -0.326 e. The molecule has 0 bridgehead atoms. The molecule has 8 heteroatoms. The molecule has 0 aliphatic carbocycles. The first kappa shape index (κ1) is 21.1. The van der Waals surface area contributed by atoms with Crippen LogP contribution in [0.2, 0.25) is 10.0 Å². The molecule has 1 aliphatic heterocycles. The van der Waals surface area contributed by atoms with Gasteiger partial charge in [0.25, 0.3) is 0 Å². The molecule has 1 amide bonds. The Morgan fingerprint density at radius 1 is 1.14 bits per heavy atom. The van der Waals surface area contributed by atoms with Crippen LogP contribution in [-0.2, 0) is 20.6 Å². The van der Waals surface area contributed by atoms with Gasteiger partial charge in [-0.25, -0.2) is 12.7 Å². The number of hydrogen-bond donors (Lipinski definition) is 1. The highest BCUT2D eigenvalue weighted by Gasteiger charge is 2.32. The van der Waals surface area contributed by atoms with Crippen molar-refractivity contribution in [2.24, 2.45) is 5.92 Å². The standard InChI is InChI=1S/C20H22Cl2N2O3S/c1-14-4-7-18(22)11-19(14)23-20(25)16-3-2-10-24(12-16)28(26,27)13-15-5-8-17(21)9-6-15/h4-9,11,16H,2-3,10,12-13H2,1H3,(H,23,25)/t16-/m1/s1. The summed E-state index contributed by atoms with van der Waals surface area (Å²) >= 11 is 11.9. The number of carbonyl (C=O) groups excluding carboxylic acids is 1. The third-order valence-corrected chi connectivity index (χ3v) is 7.17. The van der Waals surface area contributed by atoms with E-state index in [2.05, 4.69) is 5.32 Å². The lowest BCUT2D eigenvalue weighted by atomic mass is 9.98. The van der Waals surface area contributed by atoms with E-state index in [1.165, 1.54) is 4.31 Å². The van der Waals surface area contributed by atoms with Crippen LogP contribution < -0.4 is 5.32 Å². The molecule has 1 heterocycles. The average Bonchev–Trinajstić information content (AvgIpc) is 2.66. The lowest BCUT2D eigenvalue weighted by Crippen LogP contribution is -2.44. The second-order valence-corrected chi connectivity index (χ2v) is 9.87. The zero-order valence-corrected chi connectivity index (χ0v) is 17.8. The molecule has 28 heavy (non-hydrogen) atoms. The number of aryl methyl sites for hydroxylation is 1. The molecule has 1 atom stereocenters. The van der Waals surface area contributed by atoms with Gasteiger partial charge in [0.05, 0.1) is 11.7 Å². The highest BCUT2D eigenvalue weighted by Crippen LogP contribution is 2.25. The molecule has 150 valence electrons. The van der Waals surface area contributed by atoms with Gasteiger partial charge in [-0.05, 0) is 55.2 Å². The molecule has 3 rings (SSSR count). The van der Waals surface area contributed by atoms with Crippen LogP contribution in [0.15, 0.2) is 42.5 Å². The molecular weight excluding hydrogens is 419 g/mol. The maximum Gasteiger partial charge on any atom is 0.228 e. The molecule has 1 N–H and O–H groups in total. The Labute approximate surface area is 175 Å². The van der Waals surface area contributed by atoms with Crippen molar-refractivity contribution in [2.75, 3.05) is 18.4 Å². The predicted octanol–water partition coefficient (Wildman–Crippen LogP) is 4.48. The maximum atomic E-state index is 12.8. The molecule has 2 aromatic carbocycles. The van der Waals surface area contributed by atoms with Gasteiger partial charge in [0, 0.05) is 28.8 Å². The number of benzene rings is 2. The van der Waals surface area contributed by atoms with Gasteiger partial charge in [-0.2, -0.15) is 0 Å². The fourth-order valence-electron chi connectivity index (χ4n) is 3.26. The van der Waals surface area contributed by atoms with Crippen LogP contribution in [0.5, 0.6) is 0 Å². The van der Waals surface area contributed by atoms with Crippen LogP contribution in [0.1, 0.15) is 24.0 Å². The Bertz CT molecular complexity index is 962. The van der Waals surface area contributed by atoms with E-state index in [0.717, 1.165) is 5.56 Å². The Balaban J connectivity index is 1.68. The van der Waals surface area contributed by atoms with Gasteiger partial charge in [-0.15, -0.1) is 0 Å². The van der Waals surface area contributed by atoms with Gasteiger partial charge in [-0.3, -0.25) is 4.79 Å². The van der Waals surface area contributed by atoms with Gasteiger partial charge in [0.1, 0.15) is 0 Å². The zero-order chi connectivity index (χ0) is 20.3. The largest absolute Gasteiger partial charge is 0.326 e. The minimum atomic E-state index is -3.51. The average molecular weight is 441 g/mol. The number of piperidine rings is 1. The first-order valence-corrected chi connectivity index (χ1v) is 11.4. The van der Waals surface area contributed by atoms with Crippen molar-refractivity contribution < 1.29 is 13.2 Å². The normalized spacial score (nSPS) is 18.0. The summed E-state index contributed by atoms with van der Waals surface area (Å²) in [5.41, 5.74) is 2.23. The fourth-order valence-corrected chi connectivity index (χ4v) is 5.16. The Hall–Kier alpha value is -1.60. The lowest BCUT2D eigenvalue weighted by Gasteiger charge is -2.31.